The molecular formula is C43H38N8O5. The van der Waals surface area contributed by atoms with Crippen molar-refractivity contribution < 1.29 is 24.0 Å². The molecule has 1 fully saturated rings. The second kappa shape index (κ2) is 15.1. The van der Waals surface area contributed by atoms with E-state index in [-0.39, 0.29) is 48.3 Å². The van der Waals surface area contributed by atoms with Crippen molar-refractivity contribution in [2.24, 2.45) is 0 Å². The second-order valence-electron chi connectivity index (χ2n) is 14.1. The van der Waals surface area contributed by atoms with Crippen LogP contribution in [-0.4, -0.2) is 68.0 Å². The van der Waals surface area contributed by atoms with E-state index in [1.807, 2.05) is 62.5 Å². The van der Waals surface area contributed by atoms with Gasteiger partial charge in [0.15, 0.2) is 0 Å². The zero-order valence-corrected chi connectivity index (χ0v) is 30.9. The maximum atomic E-state index is 13.1. The van der Waals surface area contributed by atoms with E-state index in [9.17, 15) is 24.0 Å². The van der Waals surface area contributed by atoms with E-state index >= 15 is 0 Å². The number of piperidine rings is 1. The smallest absolute Gasteiger partial charge is 0.269 e. The minimum Gasteiger partial charge on any atom is -0.379 e. The van der Waals surface area contributed by atoms with Crippen molar-refractivity contribution in [3.8, 4) is 34.4 Å². The Labute approximate surface area is 322 Å². The van der Waals surface area contributed by atoms with Crippen LogP contribution in [0.2, 0.25) is 0 Å². The summed E-state index contributed by atoms with van der Waals surface area (Å²) >= 11 is 0. The summed E-state index contributed by atoms with van der Waals surface area (Å²) in [5, 5.41) is 13.6. The molecule has 0 aliphatic carbocycles. The number of rotatable bonds is 7. The average Bonchev–Trinajstić information content (AvgIpc) is 3.45. The Bertz CT molecular complexity index is 2520. The van der Waals surface area contributed by atoms with Gasteiger partial charge in [-0.2, -0.15) is 0 Å². The Balaban J connectivity index is 0.922. The number of aromatic nitrogens is 3. The second-order valence-corrected chi connectivity index (χ2v) is 14.1. The van der Waals surface area contributed by atoms with Gasteiger partial charge in [0.05, 0.1) is 22.8 Å². The van der Waals surface area contributed by atoms with Crippen molar-refractivity contribution in [1.82, 2.24) is 30.5 Å². The minimum absolute atomic E-state index is 0.0375. The van der Waals surface area contributed by atoms with Gasteiger partial charge in [-0.3, -0.25) is 44.2 Å². The number of pyridine rings is 3. The molecule has 0 bridgehead atoms. The van der Waals surface area contributed by atoms with Crippen LogP contribution in [0.5, 0.6) is 0 Å². The molecule has 6 heterocycles. The molecule has 1 unspecified atom stereocenters. The summed E-state index contributed by atoms with van der Waals surface area (Å²) in [6.45, 7) is 4.55. The molecule has 0 spiro atoms. The van der Waals surface area contributed by atoms with Crippen LogP contribution in [0.25, 0.3) is 33.3 Å². The maximum absolute atomic E-state index is 13.1. The minimum atomic E-state index is -0.693. The number of amides is 5. The standard InChI is InChI=1S/C43H38N8O5/c1-3-28-20-35-40(47-24(2)18-38(53)49-35)39(48-28)29-11-7-10-26-19-34(46-22-31(26)29)27-13-14-33(45-21-27)41(54)44-17-5-4-8-25-9-6-12-30-32(25)23-51(43(30)56)36-15-16-37(52)50-42(36)55/h6-7,9-14,19-22,24,36,47H,3,5,15-18,23H2,1-2H3,(H,44,54)(H,49,53)(H,50,52,55)/t24-,36?/m1/s1. The first-order chi connectivity index (χ1) is 27.2. The van der Waals surface area contributed by atoms with Crippen LogP contribution in [-0.2, 0) is 27.3 Å². The molecule has 2 aromatic carbocycles. The Morgan fingerprint density at radius 3 is 2.61 bits per heavy atom. The Kier molecular flexibility index (Phi) is 9.70. The zero-order valence-electron chi connectivity index (χ0n) is 30.9. The van der Waals surface area contributed by atoms with Gasteiger partial charge in [-0.15, -0.1) is 0 Å². The Hall–Kier alpha value is -6.94. The first-order valence-corrected chi connectivity index (χ1v) is 18.7. The monoisotopic (exact) mass is 746 g/mol. The summed E-state index contributed by atoms with van der Waals surface area (Å²) in [4.78, 5) is 78.2. The van der Waals surface area contributed by atoms with Crippen LogP contribution in [0.3, 0.4) is 0 Å². The highest BCUT2D eigenvalue weighted by Gasteiger charge is 2.39. The molecule has 13 nitrogen and oxygen atoms in total. The fourth-order valence-electron chi connectivity index (χ4n) is 7.40. The fraction of sp³-hybridized carbons (Fsp3) is 0.256. The first kappa shape index (κ1) is 36.1. The number of aryl methyl sites for hydroxylation is 1. The number of anilines is 2. The van der Waals surface area contributed by atoms with Crippen LogP contribution in [0.1, 0.15) is 77.2 Å². The van der Waals surface area contributed by atoms with Gasteiger partial charge in [0, 0.05) is 84.1 Å². The molecule has 56 heavy (non-hydrogen) atoms. The number of hydrogen-bond acceptors (Lipinski definition) is 9. The molecule has 5 aromatic rings. The van der Waals surface area contributed by atoms with Crippen LogP contribution < -0.4 is 21.3 Å². The van der Waals surface area contributed by atoms with Gasteiger partial charge in [0.1, 0.15) is 11.7 Å². The van der Waals surface area contributed by atoms with Crippen molar-refractivity contribution in [3.05, 3.63) is 101 Å². The third-order valence-corrected chi connectivity index (χ3v) is 10.2. The summed E-state index contributed by atoms with van der Waals surface area (Å²) in [7, 11) is 0. The van der Waals surface area contributed by atoms with Crippen molar-refractivity contribution in [3.63, 3.8) is 0 Å². The Morgan fingerprint density at radius 1 is 0.964 bits per heavy atom. The lowest BCUT2D eigenvalue weighted by atomic mass is 9.99. The third kappa shape index (κ3) is 7.04. The quantitative estimate of drug-likeness (QED) is 0.102. The van der Waals surface area contributed by atoms with E-state index in [0.29, 0.717) is 49.0 Å². The predicted octanol–water partition coefficient (Wildman–Crippen LogP) is 5.00. The lowest BCUT2D eigenvalue weighted by molar-refractivity contribution is -0.137. The average molecular weight is 747 g/mol. The highest BCUT2D eigenvalue weighted by atomic mass is 16.2. The number of benzene rings is 2. The number of carbonyl (C=O) groups is 5. The number of nitrogens with one attached hydrogen (secondary N) is 4. The van der Waals surface area contributed by atoms with Gasteiger partial charge in [-0.05, 0) is 67.1 Å². The number of carbonyl (C=O) groups excluding carboxylic acids is 5. The van der Waals surface area contributed by atoms with E-state index in [1.165, 1.54) is 4.90 Å². The topological polar surface area (TPSA) is 175 Å². The van der Waals surface area contributed by atoms with Gasteiger partial charge in [-0.25, -0.2) is 0 Å². The molecule has 2 atom stereocenters. The van der Waals surface area contributed by atoms with Crippen molar-refractivity contribution in [1.29, 1.82) is 0 Å². The molecule has 4 N–H and O–H groups in total. The van der Waals surface area contributed by atoms with Gasteiger partial charge in [0.2, 0.25) is 17.7 Å². The van der Waals surface area contributed by atoms with Crippen LogP contribution in [0.15, 0.2) is 73.1 Å². The van der Waals surface area contributed by atoms with E-state index in [1.54, 1.807) is 24.4 Å². The van der Waals surface area contributed by atoms with Crippen molar-refractivity contribution in [2.75, 3.05) is 17.2 Å². The maximum Gasteiger partial charge on any atom is 0.269 e. The highest BCUT2D eigenvalue weighted by Crippen LogP contribution is 2.39. The molecular weight excluding hydrogens is 709 g/mol. The summed E-state index contributed by atoms with van der Waals surface area (Å²) in [6, 6.07) is 18.0. The lowest BCUT2D eigenvalue weighted by Gasteiger charge is -2.29. The third-order valence-electron chi connectivity index (χ3n) is 10.2. The first-order valence-electron chi connectivity index (χ1n) is 18.7. The van der Waals surface area contributed by atoms with E-state index in [2.05, 4.69) is 38.1 Å². The molecule has 280 valence electrons. The summed E-state index contributed by atoms with van der Waals surface area (Å²) < 4.78 is 0. The van der Waals surface area contributed by atoms with Gasteiger partial charge < -0.3 is 20.9 Å². The van der Waals surface area contributed by atoms with Crippen molar-refractivity contribution in [2.45, 2.75) is 64.6 Å². The zero-order chi connectivity index (χ0) is 38.9. The SMILES string of the molecule is CCc1cc2c(c(-c3cccc4cc(-c5ccc(C(=O)NCCC#Cc6cccc7c6CN(C6CCC(=O)NC6=O)C7=O)nc5)ncc34)n1)N[C@H](C)CC(=O)N2. The number of imide groups is 1. The largest absolute Gasteiger partial charge is 0.379 e. The van der Waals surface area contributed by atoms with E-state index in [4.69, 9.17) is 9.97 Å². The summed E-state index contributed by atoms with van der Waals surface area (Å²) in [5.41, 5.74) is 7.69. The molecule has 0 saturated carbocycles. The molecule has 8 rings (SSSR count). The molecule has 3 aliphatic rings. The molecule has 3 aromatic heterocycles. The Morgan fingerprint density at radius 2 is 1.80 bits per heavy atom. The van der Waals surface area contributed by atoms with Crippen LogP contribution in [0, 0.1) is 11.8 Å². The number of fused-ring (bicyclic) bond motifs is 3. The van der Waals surface area contributed by atoms with Gasteiger partial charge in [0.25, 0.3) is 11.8 Å². The molecule has 13 heteroatoms. The lowest BCUT2D eigenvalue weighted by Crippen LogP contribution is -2.52. The van der Waals surface area contributed by atoms with E-state index in [0.717, 1.165) is 50.2 Å². The molecule has 1 saturated heterocycles. The molecule has 0 radical (unpaired) electrons. The van der Waals surface area contributed by atoms with Crippen molar-refractivity contribution >= 4 is 51.7 Å². The molecule has 3 aliphatic heterocycles. The fourth-order valence-corrected chi connectivity index (χ4v) is 7.40. The molecule has 5 amide bonds. The summed E-state index contributed by atoms with van der Waals surface area (Å²) in [5.74, 6) is 4.79. The van der Waals surface area contributed by atoms with Crippen LogP contribution in [0.4, 0.5) is 11.4 Å². The normalized spacial score (nSPS) is 17.5. The summed E-state index contributed by atoms with van der Waals surface area (Å²) in [6.07, 6.45) is 5.37. The highest BCUT2D eigenvalue weighted by molar-refractivity contribution is 6.06. The van der Waals surface area contributed by atoms with Gasteiger partial charge in [-0.1, -0.05) is 43.0 Å². The van der Waals surface area contributed by atoms with E-state index < -0.39 is 11.9 Å². The predicted molar refractivity (Wildman–Crippen MR) is 210 cm³/mol. The van der Waals surface area contributed by atoms with Gasteiger partial charge >= 0.3 is 0 Å². The number of hydrogen-bond donors (Lipinski definition) is 4. The van der Waals surface area contributed by atoms with Crippen LogP contribution >= 0.6 is 0 Å². The number of nitrogens with zero attached hydrogens (tertiary/aromatic N) is 4.